The summed E-state index contributed by atoms with van der Waals surface area (Å²) in [7, 11) is 0. The van der Waals surface area contributed by atoms with Crippen LogP contribution in [0.3, 0.4) is 0 Å². The number of rotatable bonds is 5. The largest absolute Gasteiger partial charge is 0.372 e. The summed E-state index contributed by atoms with van der Waals surface area (Å²) >= 11 is -2.36. The number of hydrogen-bond donors (Lipinski definition) is 3. The Labute approximate surface area is 115 Å². The van der Waals surface area contributed by atoms with Crippen LogP contribution in [0.4, 0.5) is 16.2 Å². The van der Waals surface area contributed by atoms with Crippen LogP contribution in [0.25, 0.3) is 0 Å². The first-order valence-electron chi connectivity index (χ1n) is 6.02. The van der Waals surface area contributed by atoms with Gasteiger partial charge >= 0.3 is 6.03 Å². The number of anilines is 2. The maximum atomic E-state index is 11.3. The highest BCUT2D eigenvalue weighted by molar-refractivity contribution is 7.77. The van der Waals surface area contributed by atoms with Gasteiger partial charge in [0, 0.05) is 24.5 Å². The average molecular weight is 285 g/mol. The van der Waals surface area contributed by atoms with Crippen LogP contribution in [0.1, 0.15) is 19.4 Å². The first-order chi connectivity index (χ1) is 8.97. The summed E-state index contributed by atoms with van der Waals surface area (Å²) in [5.74, 6) is 0. The molecular formula is C12H19N3O3S. The Kier molecular flexibility index (Phi) is 5.78. The van der Waals surface area contributed by atoms with Crippen molar-refractivity contribution in [3.8, 4) is 0 Å². The molecule has 1 atom stereocenters. The van der Waals surface area contributed by atoms with Crippen molar-refractivity contribution < 1.29 is 13.6 Å². The normalized spacial score (nSPS) is 11.8. The SMILES string of the molecule is CCN(CC)c1ccc(NC(=O)NS(=O)O)c(C)c1. The van der Waals surface area contributed by atoms with Crippen LogP contribution in [0.5, 0.6) is 0 Å². The van der Waals surface area contributed by atoms with Crippen molar-refractivity contribution in [2.45, 2.75) is 20.8 Å². The molecule has 0 aliphatic rings. The van der Waals surface area contributed by atoms with E-state index in [2.05, 4.69) is 24.1 Å². The van der Waals surface area contributed by atoms with Crippen LogP contribution in [-0.2, 0) is 11.3 Å². The minimum absolute atomic E-state index is 0.610. The van der Waals surface area contributed by atoms with Gasteiger partial charge in [0.2, 0.25) is 0 Å². The second-order valence-corrected chi connectivity index (χ2v) is 4.68. The van der Waals surface area contributed by atoms with Crippen molar-refractivity contribution in [1.82, 2.24) is 4.72 Å². The highest BCUT2D eigenvalue weighted by Gasteiger charge is 2.08. The molecule has 1 unspecified atom stereocenters. The number of urea groups is 1. The minimum Gasteiger partial charge on any atom is -0.372 e. The van der Waals surface area contributed by atoms with Gasteiger partial charge in [-0.3, -0.25) is 4.55 Å². The molecule has 0 spiro atoms. The van der Waals surface area contributed by atoms with E-state index in [9.17, 15) is 9.00 Å². The number of hydrogen-bond acceptors (Lipinski definition) is 3. The highest BCUT2D eigenvalue weighted by atomic mass is 32.2. The van der Waals surface area contributed by atoms with Crippen LogP contribution < -0.4 is 14.9 Å². The lowest BCUT2D eigenvalue weighted by atomic mass is 10.1. The molecule has 1 aromatic rings. The lowest BCUT2D eigenvalue weighted by molar-refractivity contribution is 0.256. The summed E-state index contributed by atoms with van der Waals surface area (Å²) in [5, 5.41) is 2.52. The Morgan fingerprint density at radius 3 is 2.47 bits per heavy atom. The van der Waals surface area contributed by atoms with Crippen LogP contribution in [0.15, 0.2) is 18.2 Å². The van der Waals surface area contributed by atoms with E-state index in [1.807, 2.05) is 23.8 Å². The standard InChI is InChI=1S/C12H19N3O3S/c1-4-15(5-2)10-6-7-11(9(3)8-10)13-12(16)14-19(17)18/h6-8H,4-5H2,1-3H3,(H,17,18)(H2,13,14,16). The summed E-state index contributed by atoms with van der Waals surface area (Å²) in [6.07, 6.45) is 0. The molecule has 3 N–H and O–H groups in total. The monoisotopic (exact) mass is 285 g/mol. The van der Waals surface area contributed by atoms with Crippen LogP contribution in [0, 0.1) is 6.92 Å². The van der Waals surface area contributed by atoms with E-state index in [0.717, 1.165) is 24.3 Å². The molecule has 0 heterocycles. The molecule has 1 aromatic carbocycles. The summed E-state index contributed by atoms with van der Waals surface area (Å²) in [6, 6.07) is 4.95. The Balaban J connectivity index is 2.82. The molecule has 106 valence electrons. The van der Waals surface area contributed by atoms with Gasteiger partial charge in [-0.1, -0.05) is 0 Å². The van der Waals surface area contributed by atoms with Gasteiger partial charge in [-0.2, -0.15) is 0 Å². The van der Waals surface area contributed by atoms with Gasteiger partial charge in [0.1, 0.15) is 0 Å². The molecule has 0 saturated carbocycles. The van der Waals surface area contributed by atoms with E-state index >= 15 is 0 Å². The number of aryl methyl sites for hydroxylation is 1. The van der Waals surface area contributed by atoms with Crippen molar-refractivity contribution >= 4 is 28.7 Å². The van der Waals surface area contributed by atoms with E-state index in [1.54, 1.807) is 6.07 Å². The third kappa shape index (κ3) is 4.53. The zero-order valence-corrected chi connectivity index (χ0v) is 12.1. The Morgan fingerprint density at radius 2 is 2.00 bits per heavy atom. The molecule has 0 bridgehead atoms. The maximum absolute atomic E-state index is 11.3. The summed E-state index contributed by atoms with van der Waals surface area (Å²) in [4.78, 5) is 13.5. The fourth-order valence-corrected chi connectivity index (χ4v) is 2.01. The fraction of sp³-hybridized carbons (Fsp3) is 0.417. The Morgan fingerprint density at radius 1 is 1.37 bits per heavy atom. The molecule has 0 aliphatic carbocycles. The first-order valence-corrected chi connectivity index (χ1v) is 7.12. The van der Waals surface area contributed by atoms with Gasteiger partial charge in [0.25, 0.3) is 11.3 Å². The smallest absolute Gasteiger partial charge is 0.332 e. The van der Waals surface area contributed by atoms with E-state index in [4.69, 9.17) is 4.55 Å². The van der Waals surface area contributed by atoms with E-state index in [0.29, 0.717) is 5.69 Å². The van der Waals surface area contributed by atoms with Crippen LogP contribution in [-0.4, -0.2) is 27.9 Å². The molecule has 1 rings (SSSR count). The number of nitrogens with one attached hydrogen (secondary N) is 2. The van der Waals surface area contributed by atoms with Crippen molar-refractivity contribution in [2.24, 2.45) is 0 Å². The second kappa shape index (κ2) is 7.10. The van der Waals surface area contributed by atoms with Gasteiger partial charge in [0.15, 0.2) is 0 Å². The molecule has 19 heavy (non-hydrogen) atoms. The number of amides is 2. The lowest BCUT2D eigenvalue weighted by Gasteiger charge is -2.22. The summed E-state index contributed by atoms with van der Waals surface area (Å²) < 4.78 is 20.8. The second-order valence-electron chi connectivity index (χ2n) is 3.98. The number of carbonyl (C=O) groups excluding carboxylic acids is 1. The first kappa shape index (κ1) is 15.5. The molecule has 0 saturated heterocycles. The van der Waals surface area contributed by atoms with Gasteiger partial charge in [-0.05, 0) is 44.5 Å². The van der Waals surface area contributed by atoms with Gasteiger partial charge in [0.05, 0.1) is 0 Å². The maximum Gasteiger partial charge on any atom is 0.332 e. The molecule has 0 fully saturated rings. The molecular weight excluding hydrogens is 266 g/mol. The van der Waals surface area contributed by atoms with E-state index in [1.165, 1.54) is 0 Å². The molecule has 0 radical (unpaired) electrons. The minimum atomic E-state index is -2.36. The van der Waals surface area contributed by atoms with Crippen molar-refractivity contribution in [3.05, 3.63) is 23.8 Å². The molecule has 7 heteroatoms. The highest BCUT2D eigenvalue weighted by Crippen LogP contribution is 2.22. The zero-order valence-electron chi connectivity index (χ0n) is 11.3. The molecule has 6 nitrogen and oxygen atoms in total. The predicted molar refractivity (Wildman–Crippen MR) is 77.7 cm³/mol. The van der Waals surface area contributed by atoms with Gasteiger partial charge in [-0.15, -0.1) is 0 Å². The van der Waals surface area contributed by atoms with Crippen LogP contribution >= 0.6 is 0 Å². The number of nitrogens with zero attached hydrogens (tertiary/aromatic N) is 1. The zero-order chi connectivity index (χ0) is 14.4. The molecule has 0 aromatic heterocycles. The van der Waals surface area contributed by atoms with Gasteiger partial charge in [-0.25, -0.2) is 13.7 Å². The molecule has 2 amide bonds. The van der Waals surface area contributed by atoms with Gasteiger partial charge < -0.3 is 10.2 Å². The third-order valence-corrected chi connectivity index (χ3v) is 3.13. The topological polar surface area (TPSA) is 81.7 Å². The average Bonchev–Trinajstić information content (AvgIpc) is 2.33. The van der Waals surface area contributed by atoms with Crippen molar-refractivity contribution in [3.63, 3.8) is 0 Å². The third-order valence-electron chi connectivity index (χ3n) is 2.77. The van der Waals surface area contributed by atoms with Crippen molar-refractivity contribution in [1.29, 1.82) is 0 Å². The van der Waals surface area contributed by atoms with Crippen molar-refractivity contribution in [2.75, 3.05) is 23.3 Å². The summed E-state index contributed by atoms with van der Waals surface area (Å²) in [5.41, 5.74) is 2.58. The van der Waals surface area contributed by atoms with E-state index < -0.39 is 17.3 Å². The Hall–Kier alpha value is -1.60. The van der Waals surface area contributed by atoms with E-state index in [-0.39, 0.29) is 0 Å². The quantitative estimate of drug-likeness (QED) is 0.724. The van der Waals surface area contributed by atoms with Crippen LogP contribution in [0.2, 0.25) is 0 Å². The summed E-state index contributed by atoms with van der Waals surface area (Å²) in [6.45, 7) is 7.85. The number of benzene rings is 1. The number of carbonyl (C=O) groups is 1. The lowest BCUT2D eigenvalue weighted by Crippen LogP contribution is -2.30. The fourth-order valence-electron chi connectivity index (χ4n) is 1.80. The molecule has 0 aliphatic heterocycles. The predicted octanol–water partition coefficient (Wildman–Crippen LogP) is 2.10. The Bertz CT molecular complexity index is 475.